The summed E-state index contributed by atoms with van der Waals surface area (Å²) in [6, 6.07) is 5.44. The summed E-state index contributed by atoms with van der Waals surface area (Å²) in [4.78, 5) is 24.9. The van der Waals surface area contributed by atoms with E-state index in [0.717, 1.165) is 5.56 Å². The van der Waals surface area contributed by atoms with Crippen LogP contribution in [0.4, 0.5) is 5.69 Å². The number of hydrogen-bond donors (Lipinski definition) is 2. The smallest absolute Gasteiger partial charge is 0.249 e. The molecule has 2 N–H and O–H groups in total. The Morgan fingerprint density at radius 2 is 2.15 bits per heavy atom. The van der Waals surface area contributed by atoms with Gasteiger partial charge < -0.3 is 10.2 Å². The highest BCUT2D eigenvalue weighted by Crippen LogP contribution is 2.30. The highest BCUT2D eigenvalue weighted by Gasteiger charge is 2.31. The molecule has 2 unspecified atom stereocenters. The number of hydrogen-bond acceptors (Lipinski definition) is 4. The second-order valence-electron chi connectivity index (χ2n) is 4.94. The fourth-order valence-electron chi connectivity index (χ4n) is 2.20. The lowest BCUT2D eigenvalue weighted by Gasteiger charge is -2.34. The second-order valence-corrected chi connectivity index (χ2v) is 5.34. The molecule has 0 radical (unpaired) electrons. The van der Waals surface area contributed by atoms with Gasteiger partial charge in [0.1, 0.15) is 6.04 Å². The van der Waals surface area contributed by atoms with Crippen molar-refractivity contribution in [3.05, 3.63) is 28.8 Å². The Balaban J connectivity index is 2.32. The van der Waals surface area contributed by atoms with E-state index < -0.39 is 6.04 Å². The van der Waals surface area contributed by atoms with Crippen molar-refractivity contribution in [2.24, 2.45) is 0 Å². The van der Waals surface area contributed by atoms with Gasteiger partial charge >= 0.3 is 0 Å². The van der Waals surface area contributed by atoms with Gasteiger partial charge in [-0.3, -0.25) is 14.9 Å². The third-order valence-electron chi connectivity index (χ3n) is 3.64. The van der Waals surface area contributed by atoms with Gasteiger partial charge in [0.15, 0.2) is 0 Å². The molecule has 20 heavy (non-hydrogen) atoms. The van der Waals surface area contributed by atoms with E-state index in [1.165, 1.54) is 0 Å². The number of piperazine rings is 1. The minimum absolute atomic E-state index is 0.132. The zero-order valence-electron chi connectivity index (χ0n) is 11.7. The van der Waals surface area contributed by atoms with Crippen molar-refractivity contribution >= 4 is 29.1 Å². The first-order valence-corrected chi connectivity index (χ1v) is 6.89. The molecule has 2 atom stereocenters. The van der Waals surface area contributed by atoms with Gasteiger partial charge in [-0.1, -0.05) is 17.7 Å². The van der Waals surface area contributed by atoms with Crippen molar-refractivity contribution in [2.45, 2.75) is 25.9 Å². The number of nitrogens with one attached hydrogen (secondary N) is 2. The summed E-state index contributed by atoms with van der Waals surface area (Å²) in [5.74, 6) is -0.609. The summed E-state index contributed by atoms with van der Waals surface area (Å²) >= 11 is 6.31. The van der Waals surface area contributed by atoms with Gasteiger partial charge in [0.2, 0.25) is 11.8 Å². The zero-order valence-corrected chi connectivity index (χ0v) is 12.5. The summed E-state index contributed by atoms with van der Waals surface area (Å²) in [6.07, 6.45) is 0. The lowest BCUT2D eigenvalue weighted by atomic mass is 10.1. The van der Waals surface area contributed by atoms with Gasteiger partial charge in [0.05, 0.1) is 17.3 Å². The van der Waals surface area contributed by atoms with Crippen molar-refractivity contribution < 1.29 is 9.59 Å². The largest absolute Gasteiger partial charge is 0.349 e. The van der Waals surface area contributed by atoms with Crippen LogP contribution in [-0.2, 0) is 9.59 Å². The maximum Gasteiger partial charge on any atom is 0.249 e. The summed E-state index contributed by atoms with van der Waals surface area (Å²) < 4.78 is 0. The summed E-state index contributed by atoms with van der Waals surface area (Å²) in [5, 5.41) is 5.99. The molecule has 0 saturated carbocycles. The monoisotopic (exact) mass is 295 g/mol. The van der Waals surface area contributed by atoms with Crippen LogP contribution in [0.25, 0.3) is 0 Å². The Labute approximate surface area is 123 Å². The molecule has 6 heteroatoms. The summed E-state index contributed by atoms with van der Waals surface area (Å²) in [5.41, 5.74) is 1.76. The molecule has 0 aliphatic carbocycles. The molecule has 1 fully saturated rings. The molecule has 1 aliphatic heterocycles. The number of anilines is 1. The highest BCUT2D eigenvalue weighted by molar-refractivity contribution is 6.33. The number of carbonyl (C=O) groups excluding carboxylic acids is 2. The van der Waals surface area contributed by atoms with E-state index in [4.69, 9.17) is 11.6 Å². The number of rotatable bonds is 3. The number of imide groups is 1. The fraction of sp³-hybridized carbons (Fsp3) is 0.429. The molecule has 0 spiro atoms. The van der Waals surface area contributed by atoms with Crippen molar-refractivity contribution in [1.82, 2.24) is 10.6 Å². The lowest BCUT2D eigenvalue weighted by Crippen LogP contribution is -2.57. The van der Waals surface area contributed by atoms with Crippen LogP contribution >= 0.6 is 11.6 Å². The Morgan fingerprint density at radius 1 is 1.45 bits per heavy atom. The number of benzene rings is 1. The Bertz CT molecular complexity index is 547. The molecule has 1 aliphatic rings. The maximum atomic E-state index is 11.7. The molecule has 1 aromatic rings. The molecule has 1 aromatic carbocycles. The maximum absolute atomic E-state index is 11.7. The van der Waals surface area contributed by atoms with Crippen LogP contribution in [0.3, 0.4) is 0 Å². The quantitative estimate of drug-likeness (QED) is 0.829. The predicted octanol–water partition coefficient (Wildman–Crippen LogP) is 1.47. The fourth-order valence-corrected chi connectivity index (χ4v) is 2.50. The molecule has 5 nitrogen and oxygen atoms in total. The lowest BCUT2D eigenvalue weighted by molar-refractivity contribution is -0.132. The second kappa shape index (κ2) is 5.81. The molecule has 2 amide bonds. The molecular weight excluding hydrogens is 278 g/mol. The number of halogens is 1. The van der Waals surface area contributed by atoms with E-state index in [2.05, 4.69) is 10.6 Å². The van der Waals surface area contributed by atoms with Gasteiger partial charge in [-0.25, -0.2) is 0 Å². The van der Waals surface area contributed by atoms with Crippen LogP contribution in [0.2, 0.25) is 5.02 Å². The molecule has 0 bridgehead atoms. The first-order chi connectivity index (χ1) is 9.43. The van der Waals surface area contributed by atoms with Gasteiger partial charge in [-0.2, -0.15) is 0 Å². The molecule has 108 valence electrons. The van der Waals surface area contributed by atoms with E-state index in [-0.39, 0.29) is 24.4 Å². The predicted molar refractivity (Wildman–Crippen MR) is 78.9 cm³/mol. The number of carbonyl (C=O) groups is 2. The van der Waals surface area contributed by atoms with Crippen LogP contribution in [-0.4, -0.2) is 31.4 Å². The van der Waals surface area contributed by atoms with Crippen LogP contribution in [0.15, 0.2) is 18.2 Å². The first-order valence-electron chi connectivity index (χ1n) is 6.51. The van der Waals surface area contributed by atoms with E-state index in [1.807, 2.05) is 32.2 Å². The van der Waals surface area contributed by atoms with Gasteiger partial charge in [0, 0.05) is 6.04 Å². The van der Waals surface area contributed by atoms with Crippen LogP contribution in [0.5, 0.6) is 0 Å². The minimum atomic E-state index is -0.419. The molecular formula is C14H18ClN3O2. The molecule has 1 saturated heterocycles. The van der Waals surface area contributed by atoms with Crippen LogP contribution in [0, 0.1) is 0 Å². The third-order valence-corrected chi connectivity index (χ3v) is 3.94. The van der Waals surface area contributed by atoms with Crippen LogP contribution in [0.1, 0.15) is 25.5 Å². The van der Waals surface area contributed by atoms with Gasteiger partial charge in [-0.15, -0.1) is 0 Å². The summed E-state index contributed by atoms with van der Waals surface area (Å²) in [6.45, 7) is 3.92. The number of nitrogens with zero attached hydrogens (tertiary/aromatic N) is 1. The normalized spacial score (nSPS) is 20.8. The average Bonchev–Trinajstić information content (AvgIpc) is 2.42. The molecule has 2 rings (SSSR count). The minimum Gasteiger partial charge on any atom is -0.349 e. The van der Waals surface area contributed by atoms with E-state index in [1.54, 1.807) is 11.8 Å². The molecule has 1 heterocycles. The van der Waals surface area contributed by atoms with Gasteiger partial charge in [-0.05, 0) is 38.6 Å². The van der Waals surface area contributed by atoms with Gasteiger partial charge in [0.25, 0.3) is 0 Å². The third kappa shape index (κ3) is 2.78. The Hall–Kier alpha value is -1.59. The SMILES string of the molecule is CNC(C)c1ccc(N2CC(=O)NC(=O)C2C)c(Cl)c1. The Kier molecular flexibility index (Phi) is 4.30. The summed E-state index contributed by atoms with van der Waals surface area (Å²) in [7, 11) is 1.88. The first kappa shape index (κ1) is 14.8. The van der Waals surface area contributed by atoms with Crippen molar-refractivity contribution in [3.63, 3.8) is 0 Å². The van der Waals surface area contributed by atoms with Crippen molar-refractivity contribution in [3.8, 4) is 0 Å². The standard InChI is InChI=1S/C14H18ClN3O2/c1-8(16-3)10-4-5-12(11(15)6-10)18-7-13(19)17-14(20)9(18)2/h4-6,8-9,16H,7H2,1-3H3,(H,17,19,20). The molecule has 0 aromatic heterocycles. The average molecular weight is 296 g/mol. The van der Waals surface area contributed by atoms with Crippen molar-refractivity contribution in [1.29, 1.82) is 0 Å². The van der Waals surface area contributed by atoms with Crippen molar-refractivity contribution in [2.75, 3.05) is 18.5 Å². The van der Waals surface area contributed by atoms with Crippen LogP contribution < -0.4 is 15.5 Å². The van der Waals surface area contributed by atoms with E-state index in [9.17, 15) is 9.59 Å². The van der Waals surface area contributed by atoms with E-state index in [0.29, 0.717) is 10.7 Å². The zero-order chi connectivity index (χ0) is 14.9. The Morgan fingerprint density at radius 3 is 2.75 bits per heavy atom. The number of amides is 2. The highest BCUT2D eigenvalue weighted by atomic mass is 35.5. The topological polar surface area (TPSA) is 61.4 Å². The van der Waals surface area contributed by atoms with E-state index >= 15 is 0 Å².